The molecule has 0 amide bonds. The number of hydrogen-bond acceptors (Lipinski definition) is 4. The minimum Gasteiger partial charge on any atom is -0.494 e. The van der Waals surface area contributed by atoms with Crippen molar-refractivity contribution in [3.63, 3.8) is 0 Å². The molecule has 0 aromatic heterocycles. The highest BCUT2D eigenvalue weighted by Gasteiger charge is 2.12. The largest absolute Gasteiger partial charge is 0.494 e. The maximum absolute atomic E-state index is 12.1. The van der Waals surface area contributed by atoms with E-state index in [-0.39, 0.29) is 17.9 Å². The number of carbonyl (C=O) groups is 1. The number of aliphatic carboxylic acids is 1. The van der Waals surface area contributed by atoms with E-state index in [4.69, 9.17) is 21.4 Å². The number of nitrogens with one attached hydrogen (secondary N) is 1. The smallest absolute Gasteiger partial charge is 0.307 e. The molecule has 2 aromatic carbocycles. The molecule has 0 aliphatic rings. The third-order valence-corrected chi connectivity index (χ3v) is 4.99. The van der Waals surface area contributed by atoms with E-state index in [0.29, 0.717) is 29.4 Å². The van der Waals surface area contributed by atoms with E-state index in [1.54, 1.807) is 24.3 Å². The Balaban J connectivity index is 1.78. The van der Waals surface area contributed by atoms with Crippen LogP contribution in [-0.2, 0) is 21.2 Å². The Hall–Kier alpha value is -2.09. The van der Waals surface area contributed by atoms with Gasteiger partial charge >= 0.3 is 5.97 Å². The Labute approximate surface area is 151 Å². The van der Waals surface area contributed by atoms with Crippen LogP contribution in [0.2, 0.25) is 5.02 Å². The molecule has 8 heteroatoms. The van der Waals surface area contributed by atoms with Crippen molar-refractivity contribution < 1.29 is 23.1 Å². The summed E-state index contributed by atoms with van der Waals surface area (Å²) in [6.45, 7) is 0.527. The second kappa shape index (κ2) is 8.84. The Kier molecular flexibility index (Phi) is 6.81. The predicted molar refractivity (Wildman–Crippen MR) is 94.5 cm³/mol. The van der Waals surface area contributed by atoms with Gasteiger partial charge in [0.1, 0.15) is 5.75 Å². The summed E-state index contributed by atoms with van der Waals surface area (Å²) in [5.41, 5.74) is 0.647. The van der Waals surface area contributed by atoms with Crippen LogP contribution in [0, 0.1) is 0 Å². The third kappa shape index (κ3) is 6.38. The number of sulfonamides is 1. The molecule has 0 aliphatic carbocycles. The van der Waals surface area contributed by atoms with E-state index < -0.39 is 16.0 Å². The van der Waals surface area contributed by atoms with Gasteiger partial charge in [-0.3, -0.25) is 4.79 Å². The fourth-order valence-electron chi connectivity index (χ4n) is 2.09. The molecule has 0 spiro atoms. The van der Waals surface area contributed by atoms with Crippen molar-refractivity contribution in [1.29, 1.82) is 0 Å². The SMILES string of the molecule is O=C(O)Cc1cccc(OCCCNS(=O)(=O)c2ccc(Cl)cc2)c1. The number of carboxylic acids is 1. The second-order valence-corrected chi connectivity index (χ2v) is 7.48. The molecule has 0 saturated heterocycles. The summed E-state index contributed by atoms with van der Waals surface area (Å²) in [6, 6.07) is 12.7. The summed E-state index contributed by atoms with van der Waals surface area (Å²) in [5, 5.41) is 9.25. The molecule has 0 atom stereocenters. The van der Waals surface area contributed by atoms with Crippen LogP contribution in [0.25, 0.3) is 0 Å². The van der Waals surface area contributed by atoms with Gasteiger partial charge in [-0.05, 0) is 48.4 Å². The lowest BCUT2D eigenvalue weighted by Gasteiger charge is -2.09. The summed E-state index contributed by atoms with van der Waals surface area (Å²) in [7, 11) is -3.57. The van der Waals surface area contributed by atoms with Crippen molar-refractivity contribution in [3.05, 3.63) is 59.1 Å². The molecule has 0 bridgehead atoms. The van der Waals surface area contributed by atoms with Gasteiger partial charge in [0, 0.05) is 11.6 Å². The maximum Gasteiger partial charge on any atom is 0.307 e. The van der Waals surface area contributed by atoms with Crippen LogP contribution >= 0.6 is 11.6 Å². The molecule has 0 fully saturated rings. The zero-order valence-electron chi connectivity index (χ0n) is 13.3. The fourth-order valence-corrected chi connectivity index (χ4v) is 3.29. The lowest BCUT2D eigenvalue weighted by molar-refractivity contribution is -0.136. The quantitative estimate of drug-likeness (QED) is 0.649. The summed E-state index contributed by atoms with van der Waals surface area (Å²) >= 11 is 5.74. The van der Waals surface area contributed by atoms with Gasteiger partial charge in [0.15, 0.2) is 0 Å². The summed E-state index contributed by atoms with van der Waals surface area (Å²) in [4.78, 5) is 10.8. The van der Waals surface area contributed by atoms with Crippen molar-refractivity contribution in [1.82, 2.24) is 4.72 Å². The van der Waals surface area contributed by atoms with Gasteiger partial charge in [-0.1, -0.05) is 23.7 Å². The molecule has 2 N–H and O–H groups in total. The molecule has 0 heterocycles. The number of benzene rings is 2. The van der Waals surface area contributed by atoms with E-state index in [1.165, 1.54) is 24.3 Å². The highest BCUT2D eigenvalue weighted by molar-refractivity contribution is 7.89. The summed E-state index contributed by atoms with van der Waals surface area (Å²) in [6.07, 6.45) is 0.397. The van der Waals surface area contributed by atoms with Crippen LogP contribution in [0.5, 0.6) is 5.75 Å². The zero-order chi connectivity index (χ0) is 18.3. The first-order chi connectivity index (χ1) is 11.9. The van der Waals surface area contributed by atoms with Crippen LogP contribution in [0.3, 0.4) is 0 Å². The number of halogens is 1. The Morgan fingerprint density at radius 1 is 1.16 bits per heavy atom. The second-order valence-electron chi connectivity index (χ2n) is 5.27. The molecule has 0 radical (unpaired) electrons. The maximum atomic E-state index is 12.1. The van der Waals surface area contributed by atoms with E-state index in [1.807, 2.05) is 0 Å². The van der Waals surface area contributed by atoms with E-state index in [2.05, 4.69) is 4.72 Å². The molecule has 134 valence electrons. The first-order valence-corrected chi connectivity index (χ1v) is 9.42. The Morgan fingerprint density at radius 3 is 2.56 bits per heavy atom. The first kappa shape index (κ1) is 19.2. The van der Waals surface area contributed by atoms with Gasteiger partial charge in [-0.15, -0.1) is 0 Å². The first-order valence-electron chi connectivity index (χ1n) is 7.55. The standard InChI is InChI=1S/C17H18ClNO5S/c18-14-5-7-16(8-6-14)25(22,23)19-9-2-10-24-15-4-1-3-13(11-15)12-17(20)21/h1,3-8,11,19H,2,9-10,12H2,(H,20,21). The van der Waals surface area contributed by atoms with Crippen molar-refractivity contribution in [2.45, 2.75) is 17.7 Å². The molecule has 0 saturated carbocycles. The number of hydrogen-bond donors (Lipinski definition) is 2. The van der Waals surface area contributed by atoms with Crippen molar-refractivity contribution in [3.8, 4) is 5.75 Å². The van der Waals surface area contributed by atoms with Crippen molar-refractivity contribution in [2.24, 2.45) is 0 Å². The van der Waals surface area contributed by atoms with Crippen LogP contribution in [0.1, 0.15) is 12.0 Å². The average Bonchev–Trinajstić information content (AvgIpc) is 2.54. The average molecular weight is 384 g/mol. The van der Waals surface area contributed by atoms with Crippen molar-refractivity contribution in [2.75, 3.05) is 13.2 Å². The van der Waals surface area contributed by atoms with E-state index in [9.17, 15) is 13.2 Å². The number of rotatable bonds is 9. The summed E-state index contributed by atoms with van der Waals surface area (Å²) < 4.78 is 32.2. The van der Waals surface area contributed by atoms with Crippen molar-refractivity contribution >= 4 is 27.6 Å². The van der Waals surface area contributed by atoms with Gasteiger partial charge in [0.25, 0.3) is 0 Å². The lowest BCUT2D eigenvalue weighted by atomic mass is 10.1. The monoisotopic (exact) mass is 383 g/mol. The van der Waals surface area contributed by atoms with Gasteiger partial charge in [-0.25, -0.2) is 13.1 Å². The highest BCUT2D eigenvalue weighted by atomic mass is 35.5. The topological polar surface area (TPSA) is 92.7 Å². The predicted octanol–water partition coefficient (Wildman–Crippen LogP) is 2.71. The van der Waals surface area contributed by atoms with Crippen LogP contribution in [-0.4, -0.2) is 32.6 Å². The van der Waals surface area contributed by atoms with Gasteiger partial charge in [0.2, 0.25) is 10.0 Å². The molecular weight excluding hydrogens is 366 g/mol. The van der Waals surface area contributed by atoms with Crippen LogP contribution < -0.4 is 9.46 Å². The normalized spacial score (nSPS) is 11.2. The molecule has 2 aromatic rings. The summed E-state index contributed by atoms with van der Waals surface area (Å²) in [5.74, 6) is -0.354. The number of ether oxygens (including phenoxy) is 1. The highest BCUT2D eigenvalue weighted by Crippen LogP contribution is 2.15. The number of carboxylic acid groups (broad SMARTS) is 1. The van der Waals surface area contributed by atoms with E-state index >= 15 is 0 Å². The molecule has 0 unspecified atom stereocenters. The minimum atomic E-state index is -3.57. The molecule has 25 heavy (non-hydrogen) atoms. The Morgan fingerprint density at radius 2 is 1.88 bits per heavy atom. The zero-order valence-corrected chi connectivity index (χ0v) is 14.9. The third-order valence-electron chi connectivity index (χ3n) is 3.26. The van der Waals surface area contributed by atoms with Crippen LogP contribution in [0.15, 0.2) is 53.4 Å². The van der Waals surface area contributed by atoms with Gasteiger partial charge in [-0.2, -0.15) is 0 Å². The molecule has 6 nitrogen and oxygen atoms in total. The van der Waals surface area contributed by atoms with E-state index in [0.717, 1.165) is 0 Å². The van der Waals surface area contributed by atoms with Crippen LogP contribution in [0.4, 0.5) is 0 Å². The van der Waals surface area contributed by atoms with Gasteiger partial charge in [0.05, 0.1) is 17.9 Å². The van der Waals surface area contributed by atoms with Gasteiger partial charge < -0.3 is 9.84 Å². The lowest BCUT2D eigenvalue weighted by Crippen LogP contribution is -2.25. The molecular formula is C17H18ClNO5S. The molecule has 2 rings (SSSR count). The molecule has 0 aliphatic heterocycles. The fraction of sp³-hybridized carbons (Fsp3) is 0.235. The minimum absolute atomic E-state index is 0.0713. The Bertz CT molecular complexity index is 821.